The maximum atomic E-state index is 13.0. The lowest BCUT2D eigenvalue weighted by atomic mass is 10.1. The van der Waals surface area contributed by atoms with E-state index in [4.69, 9.17) is 0 Å². The van der Waals surface area contributed by atoms with Crippen LogP contribution in [0.3, 0.4) is 0 Å². The number of nitrogens with zero attached hydrogens (tertiary/aromatic N) is 1. The van der Waals surface area contributed by atoms with Crippen LogP contribution in [-0.4, -0.2) is 9.97 Å². The molecule has 1 unspecified atom stereocenters. The molecule has 0 saturated heterocycles. The van der Waals surface area contributed by atoms with E-state index in [9.17, 15) is 8.78 Å². The summed E-state index contributed by atoms with van der Waals surface area (Å²) in [4.78, 5) is 7.38. The van der Waals surface area contributed by atoms with Crippen LogP contribution in [0.1, 0.15) is 31.5 Å². The Kier molecular flexibility index (Phi) is 1.99. The van der Waals surface area contributed by atoms with Crippen LogP contribution in [0, 0.1) is 17.6 Å². The zero-order chi connectivity index (χ0) is 11.3. The molecule has 84 valence electrons. The van der Waals surface area contributed by atoms with Crippen molar-refractivity contribution in [3.05, 3.63) is 29.6 Å². The van der Waals surface area contributed by atoms with Gasteiger partial charge in [-0.3, -0.25) is 0 Å². The summed E-state index contributed by atoms with van der Waals surface area (Å²) in [5, 5.41) is 0. The van der Waals surface area contributed by atoms with Gasteiger partial charge in [0.25, 0.3) is 0 Å². The molecule has 1 aromatic carbocycles. The van der Waals surface area contributed by atoms with Crippen molar-refractivity contribution in [2.45, 2.75) is 25.7 Å². The topological polar surface area (TPSA) is 28.7 Å². The molecule has 16 heavy (non-hydrogen) atoms. The Morgan fingerprint density at radius 3 is 2.69 bits per heavy atom. The van der Waals surface area contributed by atoms with Gasteiger partial charge in [0, 0.05) is 18.1 Å². The van der Waals surface area contributed by atoms with Gasteiger partial charge in [0.1, 0.15) is 5.82 Å². The molecule has 2 aromatic rings. The first-order valence-corrected chi connectivity index (χ1v) is 5.50. The molecule has 3 rings (SSSR count). The summed E-state index contributed by atoms with van der Waals surface area (Å²) < 4.78 is 26.0. The number of aromatic nitrogens is 2. The van der Waals surface area contributed by atoms with E-state index in [1.54, 1.807) is 0 Å². The molecule has 1 heterocycles. The summed E-state index contributed by atoms with van der Waals surface area (Å²) in [5.74, 6) is 0.183. The summed E-state index contributed by atoms with van der Waals surface area (Å²) in [6.07, 6.45) is 2.45. The molecule has 1 aliphatic carbocycles. The van der Waals surface area contributed by atoms with E-state index in [-0.39, 0.29) is 0 Å². The van der Waals surface area contributed by atoms with E-state index in [0.29, 0.717) is 22.9 Å². The Labute approximate surface area is 91.7 Å². The minimum absolute atomic E-state index is 0.346. The van der Waals surface area contributed by atoms with Crippen molar-refractivity contribution in [2.75, 3.05) is 0 Å². The molecule has 0 radical (unpaired) electrons. The number of H-pyrrole nitrogens is 1. The van der Waals surface area contributed by atoms with Gasteiger partial charge in [0.15, 0.2) is 11.6 Å². The molecule has 4 heteroatoms. The van der Waals surface area contributed by atoms with Crippen molar-refractivity contribution in [1.82, 2.24) is 9.97 Å². The van der Waals surface area contributed by atoms with Crippen molar-refractivity contribution in [3.8, 4) is 0 Å². The Bertz CT molecular complexity index is 504. The highest BCUT2D eigenvalue weighted by atomic mass is 19.2. The lowest BCUT2D eigenvalue weighted by molar-refractivity contribution is 0.510. The van der Waals surface area contributed by atoms with E-state index in [2.05, 4.69) is 16.9 Å². The van der Waals surface area contributed by atoms with E-state index in [1.807, 2.05) is 0 Å². The first-order valence-electron chi connectivity index (χ1n) is 5.50. The Balaban J connectivity index is 2.07. The number of imidazole rings is 1. The van der Waals surface area contributed by atoms with Gasteiger partial charge in [-0.2, -0.15) is 0 Å². The molecule has 2 nitrogen and oxygen atoms in total. The molecule has 0 bridgehead atoms. The summed E-state index contributed by atoms with van der Waals surface area (Å²) in [6, 6.07) is 2.31. The molecule has 0 spiro atoms. The third kappa shape index (κ3) is 1.49. The fraction of sp³-hybridized carbons (Fsp3) is 0.417. The van der Waals surface area contributed by atoms with Crippen LogP contribution in [0.4, 0.5) is 8.78 Å². The molecule has 1 N–H and O–H groups in total. The predicted octanol–water partition coefficient (Wildman–Crippen LogP) is 3.35. The highest BCUT2D eigenvalue weighted by molar-refractivity contribution is 5.75. The molecular formula is C12H12F2N2. The monoisotopic (exact) mass is 222 g/mol. The molecule has 1 fully saturated rings. The number of aromatic amines is 1. The van der Waals surface area contributed by atoms with Crippen LogP contribution in [0.25, 0.3) is 11.0 Å². The standard InChI is InChI=1S/C12H12F2N2/c1-6(7-2-3-7)12-15-10-4-8(13)9(14)5-11(10)16-12/h4-7H,2-3H2,1H3,(H,15,16). The minimum atomic E-state index is -0.843. The average molecular weight is 222 g/mol. The van der Waals surface area contributed by atoms with Gasteiger partial charge in [0.05, 0.1) is 11.0 Å². The molecule has 1 atom stereocenters. The van der Waals surface area contributed by atoms with Crippen molar-refractivity contribution < 1.29 is 8.78 Å². The van der Waals surface area contributed by atoms with Crippen molar-refractivity contribution in [3.63, 3.8) is 0 Å². The molecule has 0 aliphatic heterocycles. The number of hydrogen-bond acceptors (Lipinski definition) is 1. The smallest absolute Gasteiger partial charge is 0.161 e. The second-order valence-electron chi connectivity index (χ2n) is 4.53. The second-order valence-corrected chi connectivity index (χ2v) is 4.53. The summed E-state index contributed by atoms with van der Waals surface area (Å²) in [7, 11) is 0. The highest BCUT2D eigenvalue weighted by Crippen LogP contribution is 2.41. The number of halogens is 2. The third-order valence-electron chi connectivity index (χ3n) is 3.30. The summed E-state index contributed by atoms with van der Waals surface area (Å²) >= 11 is 0. The minimum Gasteiger partial charge on any atom is -0.342 e. The highest BCUT2D eigenvalue weighted by Gasteiger charge is 2.30. The normalized spacial score (nSPS) is 17.9. The number of fused-ring (bicyclic) bond motifs is 1. The number of benzene rings is 1. The Morgan fingerprint density at radius 1 is 1.31 bits per heavy atom. The van der Waals surface area contributed by atoms with Gasteiger partial charge in [-0.05, 0) is 18.8 Å². The fourth-order valence-corrected chi connectivity index (χ4v) is 2.06. The van der Waals surface area contributed by atoms with Gasteiger partial charge < -0.3 is 4.98 Å². The molecule has 1 aromatic heterocycles. The quantitative estimate of drug-likeness (QED) is 0.829. The lowest BCUT2D eigenvalue weighted by Crippen LogP contribution is -1.97. The first-order chi connectivity index (χ1) is 7.65. The summed E-state index contributed by atoms with van der Waals surface area (Å²) in [6.45, 7) is 2.10. The van der Waals surface area contributed by atoms with Crippen LogP contribution in [-0.2, 0) is 0 Å². The second kappa shape index (κ2) is 3.27. The van der Waals surface area contributed by atoms with Gasteiger partial charge in [0.2, 0.25) is 0 Å². The number of hydrogen-bond donors (Lipinski definition) is 1. The molecular weight excluding hydrogens is 210 g/mol. The third-order valence-corrected chi connectivity index (χ3v) is 3.30. The average Bonchev–Trinajstić information content (AvgIpc) is 3.01. The van der Waals surface area contributed by atoms with E-state index in [0.717, 1.165) is 11.9 Å². The largest absolute Gasteiger partial charge is 0.342 e. The van der Waals surface area contributed by atoms with Crippen molar-refractivity contribution in [1.29, 1.82) is 0 Å². The molecule has 1 aliphatic rings. The maximum Gasteiger partial charge on any atom is 0.161 e. The number of nitrogens with one attached hydrogen (secondary N) is 1. The zero-order valence-corrected chi connectivity index (χ0v) is 8.93. The first kappa shape index (κ1) is 9.75. The van der Waals surface area contributed by atoms with Crippen molar-refractivity contribution >= 4 is 11.0 Å². The van der Waals surface area contributed by atoms with Crippen LogP contribution in [0.5, 0.6) is 0 Å². The molecule has 0 amide bonds. The summed E-state index contributed by atoms with van der Waals surface area (Å²) in [5.41, 5.74) is 1.07. The van der Waals surface area contributed by atoms with Crippen molar-refractivity contribution in [2.24, 2.45) is 5.92 Å². The van der Waals surface area contributed by atoms with Gasteiger partial charge in [-0.25, -0.2) is 13.8 Å². The fourth-order valence-electron chi connectivity index (χ4n) is 2.06. The van der Waals surface area contributed by atoms with Crippen LogP contribution in [0.15, 0.2) is 12.1 Å². The SMILES string of the molecule is CC(c1nc2cc(F)c(F)cc2[nH]1)C1CC1. The van der Waals surface area contributed by atoms with E-state index in [1.165, 1.54) is 18.9 Å². The van der Waals surface area contributed by atoms with Gasteiger partial charge in [-0.15, -0.1) is 0 Å². The van der Waals surface area contributed by atoms with E-state index >= 15 is 0 Å². The number of rotatable bonds is 2. The Hall–Kier alpha value is -1.45. The maximum absolute atomic E-state index is 13.0. The lowest BCUT2D eigenvalue weighted by Gasteiger charge is -2.04. The predicted molar refractivity (Wildman–Crippen MR) is 57.1 cm³/mol. The van der Waals surface area contributed by atoms with E-state index < -0.39 is 11.6 Å². The van der Waals surface area contributed by atoms with Crippen LogP contribution >= 0.6 is 0 Å². The molecule has 1 saturated carbocycles. The van der Waals surface area contributed by atoms with Crippen LogP contribution < -0.4 is 0 Å². The Morgan fingerprint density at radius 2 is 2.00 bits per heavy atom. The van der Waals surface area contributed by atoms with Crippen LogP contribution in [0.2, 0.25) is 0 Å². The van der Waals surface area contributed by atoms with Gasteiger partial charge in [-0.1, -0.05) is 6.92 Å². The van der Waals surface area contributed by atoms with Gasteiger partial charge >= 0.3 is 0 Å². The zero-order valence-electron chi connectivity index (χ0n) is 8.93.